The van der Waals surface area contributed by atoms with Crippen LogP contribution >= 0.6 is 11.8 Å². The van der Waals surface area contributed by atoms with Gasteiger partial charge in [0.05, 0.1) is 0 Å². The molecular formula is C13H26N2O2S. The summed E-state index contributed by atoms with van der Waals surface area (Å²) in [6, 6.07) is 0. The van der Waals surface area contributed by atoms with Crippen LogP contribution in [0.3, 0.4) is 0 Å². The van der Waals surface area contributed by atoms with Crippen molar-refractivity contribution < 1.29 is 9.53 Å². The number of nitrogens with zero attached hydrogens (tertiary/aromatic N) is 1. The third kappa shape index (κ3) is 6.50. The molecule has 4 nitrogen and oxygen atoms in total. The number of nitrogens with one attached hydrogen (secondary N) is 1. The van der Waals surface area contributed by atoms with Gasteiger partial charge in [-0.25, -0.2) is 4.79 Å². The number of carbonyl (C=O) groups excluding carboxylic acids is 1. The summed E-state index contributed by atoms with van der Waals surface area (Å²) in [5.41, 5.74) is -0.422. The lowest BCUT2D eigenvalue weighted by Gasteiger charge is -2.34. The van der Waals surface area contributed by atoms with Gasteiger partial charge in [0.1, 0.15) is 5.60 Å². The highest BCUT2D eigenvalue weighted by Gasteiger charge is 2.22. The third-order valence-electron chi connectivity index (χ3n) is 2.59. The van der Waals surface area contributed by atoms with Gasteiger partial charge in [-0.15, -0.1) is 0 Å². The monoisotopic (exact) mass is 274 g/mol. The zero-order chi connectivity index (χ0) is 13.8. The van der Waals surface area contributed by atoms with Crippen molar-refractivity contribution in [2.75, 3.05) is 26.2 Å². The van der Waals surface area contributed by atoms with E-state index in [-0.39, 0.29) is 6.09 Å². The van der Waals surface area contributed by atoms with Gasteiger partial charge in [-0.05, 0) is 20.8 Å². The van der Waals surface area contributed by atoms with E-state index < -0.39 is 5.60 Å². The van der Waals surface area contributed by atoms with E-state index in [1.807, 2.05) is 32.5 Å². The second-order valence-corrected chi connectivity index (χ2v) is 7.83. The summed E-state index contributed by atoms with van der Waals surface area (Å²) in [7, 11) is 0. The lowest BCUT2D eigenvalue weighted by Crippen LogP contribution is -2.44. The SMILES string of the molecule is C[C@@H]1CN(CCNC(=O)OC(C)(C)C)C[C@H](C)S1. The number of ether oxygens (including phenoxy) is 1. The molecule has 1 fully saturated rings. The zero-order valence-corrected chi connectivity index (χ0v) is 13.0. The van der Waals surface area contributed by atoms with E-state index in [0.29, 0.717) is 17.0 Å². The minimum Gasteiger partial charge on any atom is -0.444 e. The van der Waals surface area contributed by atoms with Crippen LogP contribution in [0.2, 0.25) is 0 Å². The standard InChI is InChI=1S/C13H26N2O2S/c1-10-8-15(9-11(2)18-10)7-6-14-12(16)17-13(3,4)5/h10-11H,6-9H2,1-5H3,(H,14,16)/t10-,11+. The average molecular weight is 274 g/mol. The van der Waals surface area contributed by atoms with Crippen molar-refractivity contribution in [2.45, 2.75) is 50.7 Å². The maximum atomic E-state index is 11.5. The first kappa shape index (κ1) is 15.6. The van der Waals surface area contributed by atoms with Crippen LogP contribution in [0.5, 0.6) is 0 Å². The molecule has 1 amide bonds. The van der Waals surface area contributed by atoms with Gasteiger partial charge in [-0.1, -0.05) is 13.8 Å². The predicted molar refractivity (Wildman–Crippen MR) is 77.2 cm³/mol. The molecule has 0 spiro atoms. The van der Waals surface area contributed by atoms with E-state index >= 15 is 0 Å². The Hall–Kier alpha value is -0.420. The van der Waals surface area contributed by atoms with Crippen LogP contribution in [-0.4, -0.2) is 53.3 Å². The highest BCUT2D eigenvalue weighted by Crippen LogP contribution is 2.24. The van der Waals surface area contributed by atoms with Crippen LogP contribution in [0, 0.1) is 0 Å². The van der Waals surface area contributed by atoms with Gasteiger partial charge in [-0.2, -0.15) is 11.8 Å². The fraction of sp³-hybridized carbons (Fsp3) is 0.923. The first-order valence-corrected chi connectivity index (χ1v) is 7.55. The molecule has 0 bridgehead atoms. The first-order chi connectivity index (χ1) is 8.26. The third-order valence-corrected chi connectivity index (χ3v) is 3.82. The molecule has 18 heavy (non-hydrogen) atoms. The Morgan fingerprint density at radius 2 is 1.89 bits per heavy atom. The van der Waals surface area contributed by atoms with Crippen LogP contribution in [-0.2, 0) is 4.74 Å². The van der Waals surface area contributed by atoms with Gasteiger partial charge >= 0.3 is 6.09 Å². The smallest absolute Gasteiger partial charge is 0.407 e. The largest absolute Gasteiger partial charge is 0.444 e. The molecule has 0 saturated carbocycles. The first-order valence-electron chi connectivity index (χ1n) is 6.61. The highest BCUT2D eigenvalue weighted by atomic mass is 32.2. The molecule has 1 heterocycles. The van der Waals surface area contributed by atoms with Crippen LogP contribution in [0.1, 0.15) is 34.6 Å². The van der Waals surface area contributed by atoms with Crippen molar-refractivity contribution in [3.63, 3.8) is 0 Å². The number of thioether (sulfide) groups is 1. The van der Waals surface area contributed by atoms with Crippen molar-refractivity contribution >= 4 is 17.9 Å². The highest BCUT2D eigenvalue weighted by molar-refractivity contribution is 8.00. The molecule has 1 N–H and O–H groups in total. The summed E-state index contributed by atoms with van der Waals surface area (Å²) in [5, 5.41) is 4.16. The summed E-state index contributed by atoms with van der Waals surface area (Å²) in [5.74, 6) is 0. The van der Waals surface area contributed by atoms with Gasteiger partial charge < -0.3 is 10.1 Å². The Morgan fingerprint density at radius 1 is 1.33 bits per heavy atom. The number of hydrogen-bond donors (Lipinski definition) is 1. The van der Waals surface area contributed by atoms with Crippen molar-refractivity contribution in [2.24, 2.45) is 0 Å². The van der Waals surface area contributed by atoms with Gasteiger partial charge in [0.15, 0.2) is 0 Å². The van der Waals surface area contributed by atoms with Crippen molar-refractivity contribution in [1.29, 1.82) is 0 Å². The Labute approximate surface area is 115 Å². The summed E-state index contributed by atoms with van der Waals surface area (Å²) in [6.07, 6.45) is -0.324. The molecule has 0 aromatic carbocycles. The number of hydrogen-bond acceptors (Lipinski definition) is 4. The molecule has 1 rings (SSSR count). The lowest BCUT2D eigenvalue weighted by atomic mass is 10.2. The van der Waals surface area contributed by atoms with Gasteiger partial charge in [0, 0.05) is 36.7 Å². The molecular weight excluding hydrogens is 248 g/mol. The molecule has 106 valence electrons. The predicted octanol–water partition coefficient (Wildman–Crippen LogP) is 2.34. The van der Waals surface area contributed by atoms with Crippen LogP contribution in [0.15, 0.2) is 0 Å². The zero-order valence-electron chi connectivity index (χ0n) is 12.2. The molecule has 2 atom stereocenters. The Balaban J connectivity index is 2.19. The van der Waals surface area contributed by atoms with Gasteiger partial charge in [0.2, 0.25) is 0 Å². The van der Waals surface area contributed by atoms with Gasteiger partial charge in [0.25, 0.3) is 0 Å². The van der Waals surface area contributed by atoms with E-state index in [2.05, 4.69) is 24.1 Å². The second-order valence-electron chi connectivity index (χ2n) is 5.95. The molecule has 0 aromatic heterocycles. The fourth-order valence-corrected chi connectivity index (χ4v) is 3.48. The van der Waals surface area contributed by atoms with Crippen LogP contribution < -0.4 is 5.32 Å². The summed E-state index contributed by atoms with van der Waals surface area (Å²) < 4.78 is 5.20. The molecule has 0 radical (unpaired) electrons. The summed E-state index contributed by atoms with van der Waals surface area (Å²) >= 11 is 2.04. The average Bonchev–Trinajstić information content (AvgIpc) is 2.12. The molecule has 0 aliphatic carbocycles. The fourth-order valence-electron chi connectivity index (χ4n) is 2.10. The Bertz CT molecular complexity index is 269. The molecule has 0 unspecified atom stereocenters. The van der Waals surface area contributed by atoms with E-state index in [0.717, 1.165) is 19.6 Å². The number of carbonyl (C=O) groups is 1. The van der Waals surface area contributed by atoms with E-state index in [9.17, 15) is 4.79 Å². The van der Waals surface area contributed by atoms with Crippen LogP contribution in [0.25, 0.3) is 0 Å². The number of rotatable bonds is 3. The normalized spacial score (nSPS) is 25.8. The molecule has 1 aliphatic rings. The molecule has 1 aliphatic heterocycles. The quantitative estimate of drug-likeness (QED) is 0.857. The van der Waals surface area contributed by atoms with E-state index in [1.54, 1.807) is 0 Å². The van der Waals surface area contributed by atoms with Gasteiger partial charge in [-0.3, -0.25) is 4.90 Å². The van der Waals surface area contributed by atoms with Crippen molar-refractivity contribution in [3.05, 3.63) is 0 Å². The number of alkyl carbamates (subject to hydrolysis) is 1. The number of amides is 1. The maximum Gasteiger partial charge on any atom is 0.407 e. The van der Waals surface area contributed by atoms with Crippen molar-refractivity contribution in [3.8, 4) is 0 Å². The van der Waals surface area contributed by atoms with E-state index in [1.165, 1.54) is 0 Å². The summed E-state index contributed by atoms with van der Waals surface area (Å²) in [4.78, 5) is 13.9. The minimum atomic E-state index is -0.422. The van der Waals surface area contributed by atoms with Crippen LogP contribution in [0.4, 0.5) is 4.79 Å². The second kappa shape index (κ2) is 6.66. The topological polar surface area (TPSA) is 41.6 Å². The lowest BCUT2D eigenvalue weighted by molar-refractivity contribution is 0.0522. The Kier molecular flexibility index (Phi) is 5.79. The molecule has 1 saturated heterocycles. The Morgan fingerprint density at radius 3 is 2.39 bits per heavy atom. The summed E-state index contributed by atoms with van der Waals surface area (Å²) in [6.45, 7) is 13.9. The molecule has 5 heteroatoms. The maximum absolute atomic E-state index is 11.5. The minimum absolute atomic E-state index is 0.324. The van der Waals surface area contributed by atoms with Crippen molar-refractivity contribution in [1.82, 2.24) is 10.2 Å². The molecule has 0 aromatic rings. The van der Waals surface area contributed by atoms with E-state index in [4.69, 9.17) is 4.74 Å².